The third kappa shape index (κ3) is 3.08. The average Bonchev–Trinajstić information content (AvgIpc) is 3.11. The number of nitrogens with one attached hydrogen (secondary N) is 1. The van der Waals surface area contributed by atoms with Crippen molar-refractivity contribution in [1.82, 2.24) is 5.32 Å². The highest BCUT2D eigenvalue weighted by Crippen LogP contribution is 2.41. The van der Waals surface area contributed by atoms with Gasteiger partial charge in [0.25, 0.3) is 0 Å². The lowest BCUT2D eigenvalue weighted by Gasteiger charge is -2.23. The molecule has 16 heavy (non-hydrogen) atoms. The van der Waals surface area contributed by atoms with Crippen molar-refractivity contribution < 1.29 is 0 Å². The Morgan fingerprint density at radius 2 is 1.94 bits per heavy atom. The normalized spacial score (nSPS) is 19.4. The number of rotatable bonds is 6. The predicted octanol–water partition coefficient (Wildman–Crippen LogP) is 3.92. The van der Waals surface area contributed by atoms with Crippen LogP contribution in [-0.4, -0.2) is 6.04 Å². The summed E-state index contributed by atoms with van der Waals surface area (Å²) in [6.07, 6.45) is 5.33. The van der Waals surface area contributed by atoms with Crippen molar-refractivity contribution in [3.63, 3.8) is 0 Å². The summed E-state index contributed by atoms with van der Waals surface area (Å²) >= 11 is 0. The van der Waals surface area contributed by atoms with E-state index < -0.39 is 0 Å². The molecule has 0 bridgehead atoms. The Labute approximate surface area is 99.3 Å². The van der Waals surface area contributed by atoms with Gasteiger partial charge < -0.3 is 5.32 Å². The minimum absolute atomic E-state index is 0.586. The van der Waals surface area contributed by atoms with E-state index in [0.29, 0.717) is 12.1 Å². The molecule has 1 N–H and O–H groups in total. The van der Waals surface area contributed by atoms with Gasteiger partial charge in [-0.05, 0) is 37.7 Å². The first-order chi connectivity index (χ1) is 7.81. The van der Waals surface area contributed by atoms with Gasteiger partial charge in [-0.25, -0.2) is 0 Å². The molecular weight excluding hydrogens is 194 g/mol. The lowest BCUT2D eigenvalue weighted by atomic mass is 10.0. The molecule has 2 rings (SSSR count). The zero-order valence-electron chi connectivity index (χ0n) is 10.4. The van der Waals surface area contributed by atoms with E-state index in [2.05, 4.69) is 49.5 Å². The monoisotopic (exact) mass is 217 g/mol. The maximum Gasteiger partial charge on any atom is 0.0350 e. The summed E-state index contributed by atoms with van der Waals surface area (Å²) < 4.78 is 0. The Bertz CT molecular complexity index is 302. The Morgan fingerprint density at radius 3 is 2.50 bits per heavy atom. The minimum Gasteiger partial charge on any atom is -0.307 e. The van der Waals surface area contributed by atoms with Gasteiger partial charge in [-0.3, -0.25) is 0 Å². The van der Waals surface area contributed by atoms with Crippen LogP contribution in [0.15, 0.2) is 30.3 Å². The molecule has 1 aromatic rings. The summed E-state index contributed by atoms with van der Waals surface area (Å²) in [6.45, 7) is 4.56. The molecule has 0 radical (unpaired) electrons. The Balaban J connectivity index is 2.00. The quantitative estimate of drug-likeness (QED) is 0.761. The van der Waals surface area contributed by atoms with Crippen LogP contribution in [0.25, 0.3) is 0 Å². The molecule has 0 aromatic heterocycles. The van der Waals surface area contributed by atoms with Crippen LogP contribution in [0.5, 0.6) is 0 Å². The first kappa shape index (κ1) is 11.7. The molecule has 1 nitrogen and oxygen atoms in total. The fourth-order valence-electron chi connectivity index (χ4n) is 2.42. The van der Waals surface area contributed by atoms with Gasteiger partial charge in [-0.1, -0.05) is 43.7 Å². The van der Waals surface area contributed by atoms with Crippen LogP contribution in [0.1, 0.15) is 51.1 Å². The first-order valence-corrected chi connectivity index (χ1v) is 6.62. The molecule has 2 unspecified atom stereocenters. The zero-order valence-corrected chi connectivity index (χ0v) is 10.4. The van der Waals surface area contributed by atoms with E-state index in [1.165, 1.54) is 31.2 Å². The minimum atomic E-state index is 0.586. The maximum atomic E-state index is 3.80. The van der Waals surface area contributed by atoms with E-state index in [1.807, 2.05) is 0 Å². The summed E-state index contributed by atoms with van der Waals surface area (Å²) in [5, 5.41) is 3.80. The van der Waals surface area contributed by atoms with Gasteiger partial charge in [-0.2, -0.15) is 0 Å². The topological polar surface area (TPSA) is 12.0 Å². The van der Waals surface area contributed by atoms with E-state index >= 15 is 0 Å². The molecule has 0 heterocycles. The summed E-state index contributed by atoms with van der Waals surface area (Å²) in [7, 11) is 0. The molecule has 1 aliphatic carbocycles. The molecule has 2 atom stereocenters. The van der Waals surface area contributed by atoms with Crippen molar-refractivity contribution in [2.24, 2.45) is 5.92 Å². The Kier molecular flexibility index (Phi) is 4.00. The van der Waals surface area contributed by atoms with Gasteiger partial charge in [0.15, 0.2) is 0 Å². The molecule has 0 amide bonds. The van der Waals surface area contributed by atoms with Gasteiger partial charge in [0.1, 0.15) is 0 Å². The fourth-order valence-corrected chi connectivity index (χ4v) is 2.42. The van der Waals surface area contributed by atoms with Gasteiger partial charge in [0.05, 0.1) is 0 Å². The number of benzene rings is 1. The second kappa shape index (κ2) is 5.49. The highest BCUT2D eigenvalue weighted by atomic mass is 15.0. The predicted molar refractivity (Wildman–Crippen MR) is 69.4 cm³/mol. The highest BCUT2D eigenvalue weighted by molar-refractivity contribution is 5.21. The SMILES string of the molecule is CCCC(C)NC(c1ccccc1)C1CC1. The molecule has 1 fully saturated rings. The smallest absolute Gasteiger partial charge is 0.0350 e. The second-order valence-electron chi connectivity index (χ2n) is 5.08. The van der Waals surface area contributed by atoms with Gasteiger partial charge in [0.2, 0.25) is 0 Å². The summed E-state index contributed by atoms with van der Waals surface area (Å²) in [6, 6.07) is 12.1. The Hall–Kier alpha value is -0.820. The van der Waals surface area contributed by atoms with E-state index in [1.54, 1.807) is 0 Å². The van der Waals surface area contributed by atoms with Crippen LogP contribution in [-0.2, 0) is 0 Å². The van der Waals surface area contributed by atoms with Crippen molar-refractivity contribution in [2.75, 3.05) is 0 Å². The average molecular weight is 217 g/mol. The lowest BCUT2D eigenvalue weighted by molar-refractivity contribution is 0.402. The van der Waals surface area contributed by atoms with Crippen LogP contribution in [0.4, 0.5) is 0 Å². The standard InChI is InChI=1S/C15H23N/c1-3-7-12(2)16-15(14-10-11-14)13-8-5-4-6-9-13/h4-6,8-9,12,14-16H,3,7,10-11H2,1-2H3. The van der Waals surface area contributed by atoms with E-state index in [0.717, 1.165) is 5.92 Å². The lowest BCUT2D eigenvalue weighted by Crippen LogP contribution is -2.31. The van der Waals surface area contributed by atoms with Crippen LogP contribution >= 0.6 is 0 Å². The van der Waals surface area contributed by atoms with Crippen LogP contribution in [0.2, 0.25) is 0 Å². The molecule has 0 spiro atoms. The number of hydrogen-bond donors (Lipinski definition) is 1. The summed E-state index contributed by atoms with van der Waals surface area (Å²) in [5.74, 6) is 0.877. The first-order valence-electron chi connectivity index (χ1n) is 6.62. The van der Waals surface area contributed by atoms with Gasteiger partial charge in [-0.15, -0.1) is 0 Å². The van der Waals surface area contributed by atoms with Crippen molar-refractivity contribution >= 4 is 0 Å². The fraction of sp³-hybridized carbons (Fsp3) is 0.600. The maximum absolute atomic E-state index is 3.80. The highest BCUT2D eigenvalue weighted by Gasteiger charge is 2.32. The Morgan fingerprint density at radius 1 is 1.25 bits per heavy atom. The van der Waals surface area contributed by atoms with Crippen LogP contribution in [0.3, 0.4) is 0 Å². The van der Waals surface area contributed by atoms with Gasteiger partial charge >= 0.3 is 0 Å². The molecule has 1 aromatic carbocycles. The molecule has 0 aliphatic heterocycles. The molecule has 1 aliphatic rings. The van der Waals surface area contributed by atoms with Crippen molar-refractivity contribution in [1.29, 1.82) is 0 Å². The molecule has 88 valence electrons. The third-order valence-corrected chi connectivity index (χ3v) is 3.44. The van der Waals surface area contributed by atoms with Crippen molar-refractivity contribution in [3.8, 4) is 0 Å². The van der Waals surface area contributed by atoms with Gasteiger partial charge in [0, 0.05) is 12.1 Å². The number of hydrogen-bond acceptors (Lipinski definition) is 1. The zero-order chi connectivity index (χ0) is 11.4. The molecule has 1 saturated carbocycles. The van der Waals surface area contributed by atoms with Crippen molar-refractivity contribution in [3.05, 3.63) is 35.9 Å². The van der Waals surface area contributed by atoms with Crippen LogP contribution < -0.4 is 5.32 Å². The van der Waals surface area contributed by atoms with E-state index in [9.17, 15) is 0 Å². The largest absolute Gasteiger partial charge is 0.307 e. The molecule has 1 heteroatoms. The molecule has 0 saturated heterocycles. The van der Waals surface area contributed by atoms with E-state index in [-0.39, 0.29) is 0 Å². The molecular formula is C15H23N. The second-order valence-corrected chi connectivity index (χ2v) is 5.08. The van der Waals surface area contributed by atoms with Crippen LogP contribution in [0, 0.1) is 5.92 Å². The third-order valence-electron chi connectivity index (χ3n) is 3.44. The summed E-state index contributed by atoms with van der Waals surface area (Å²) in [5.41, 5.74) is 1.47. The van der Waals surface area contributed by atoms with Crippen molar-refractivity contribution in [2.45, 2.75) is 51.6 Å². The van der Waals surface area contributed by atoms with E-state index in [4.69, 9.17) is 0 Å². The summed E-state index contributed by atoms with van der Waals surface area (Å²) in [4.78, 5) is 0.